The van der Waals surface area contributed by atoms with Crippen molar-refractivity contribution in [2.24, 2.45) is 0 Å². The summed E-state index contributed by atoms with van der Waals surface area (Å²) < 4.78 is 46.3. The number of aryl methyl sites for hydroxylation is 1. The minimum atomic E-state index is -6.00. The van der Waals surface area contributed by atoms with Crippen LogP contribution in [0.3, 0.4) is 0 Å². The van der Waals surface area contributed by atoms with Gasteiger partial charge in [0.05, 0.1) is 0 Å². The van der Waals surface area contributed by atoms with E-state index in [0.717, 1.165) is 25.2 Å². The minimum absolute atomic E-state index is 0.342. The quantitative estimate of drug-likeness (QED) is 0.342. The largest absolute Gasteiger partial charge is 0.673 e. The van der Waals surface area contributed by atoms with Gasteiger partial charge >= 0.3 is 13.2 Å². The van der Waals surface area contributed by atoms with Crippen LogP contribution in [0.25, 0.3) is 0 Å². The summed E-state index contributed by atoms with van der Waals surface area (Å²) in [4.78, 5) is 15.7. The second-order valence-corrected chi connectivity index (χ2v) is 4.66. The Hall–Kier alpha value is -1.80. The molecule has 0 saturated heterocycles. The second-order valence-electron chi connectivity index (χ2n) is 4.66. The minimum Gasteiger partial charge on any atom is -0.451 e. The lowest BCUT2D eigenvalue weighted by Gasteiger charge is -2.14. The Bertz CT molecular complexity index is 483. The van der Waals surface area contributed by atoms with Crippen LogP contribution in [0.5, 0.6) is 0 Å². The fourth-order valence-corrected chi connectivity index (χ4v) is 1.51. The Kier molecular flexibility index (Phi) is 8.51. The van der Waals surface area contributed by atoms with Crippen molar-refractivity contribution in [3.8, 4) is 0 Å². The number of carbonyl (C=O) groups excluding carboxylic acids is 1. The van der Waals surface area contributed by atoms with Crippen molar-refractivity contribution in [3.63, 3.8) is 0 Å². The molecular weight excluding hydrogens is 303 g/mol. The first-order valence-corrected chi connectivity index (χ1v) is 6.81. The molecule has 4 nitrogen and oxygen atoms in total. The Morgan fingerprint density at radius 1 is 1.45 bits per heavy atom. The van der Waals surface area contributed by atoms with Gasteiger partial charge in [0.15, 0.2) is 6.10 Å². The van der Waals surface area contributed by atoms with Gasteiger partial charge in [-0.3, -0.25) is 0 Å². The van der Waals surface area contributed by atoms with Gasteiger partial charge in [0, 0.05) is 24.5 Å². The predicted molar refractivity (Wildman–Crippen MR) is 76.6 cm³/mol. The Labute approximate surface area is 127 Å². The van der Waals surface area contributed by atoms with Crippen molar-refractivity contribution in [3.05, 3.63) is 30.4 Å². The van der Waals surface area contributed by atoms with Gasteiger partial charge in [-0.25, -0.2) is 9.78 Å². The lowest BCUT2D eigenvalue weighted by atomic mass is 10.3. The fraction of sp³-hybridized carbons (Fsp3) is 0.538. The summed E-state index contributed by atoms with van der Waals surface area (Å²) in [5.41, 5.74) is 0.406. The Balaban J connectivity index is 0.000000763. The molecule has 0 fully saturated rings. The molecule has 0 spiro atoms. The highest BCUT2D eigenvalue weighted by atomic mass is 19.5. The number of carbonyl (C=O) groups is 1. The maximum Gasteiger partial charge on any atom is 0.673 e. The SMILES string of the molecule is C=C(C)C(=O)OC(C)c1nccn1CCCC.F[B-](F)(F)F. The molecule has 126 valence electrons. The molecule has 0 N–H and O–H groups in total. The first-order chi connectivity index (χ1) is 10.1. The van der Waals surface area contributed by atoms with Gasteiger partial charge in [0.2, 0.25) is 0 Å². The molecule has 1 heterocycles. The van der Waals surface area contributed by atoms with Crippen molar-refractivity contribution in [2.75, 3.05) is 0 Å². The molecule has 1 aromatic rings. The molecule has 0 aromatic carbocycles. The van der Waals surface area contributed by atoms with E-state index in [1.165, 1.54) is 0 Å². The molecule has 0 aliphatic rings. The second kappa shape index (κ2) is 9.27. The van der Waals surface area contributed by atoms with Crippen LogP contribution in [-0.2, 0) is 16.1 Å². The van der Waals surface area contributed by atoms with Crippen molar-refractivity contribution in [1.82, 2.24) is 9.55 Å². The normalized spacial score (nSPS) is 12.1. The topological polar surface area (TPSA) is 44.1 Å². The molecule has 1 unspecified atom stereocenters. The molecule has 0 amide bonds. The average molecular weight is 323 g/mol. The van der Waals surface area contributed by atoms with Gasteiger partial charge in [-0.2, -0.15) is 0 Å². The number of ether oxygens (including phenoxy) is 1. The number of unbranched alkanes of at least 4 members (excludes halogenated alkanes) is 1. The highest BCUT2D eigenvalue weighted by molar-refractivity contribution is 6.50. The first-order valence-electron chi connectivity index (χ1n) is 6.81. The molecule has 9 heteroatoms. The highest BCUT2D eigenvalue weighted by Crippen LogP contribution is 2.16. The number of nitrogens with zero attached hydrogens (tertiary/aromatic N) is 2. The molecule has 0 aliphatic heterocycles. The van der Waals surface area contributed by atoms with E-state index in [1.54, 1.807) is 13.1 Å². The van der Waals surface area contributed by atoms with E-state index in [9.17, 15) is 22.1 Å². The van der Waals surface area contributed by atoms with Crippen LogP contribution in [0, 0.1) is 0 Å². The molecule has 0 saturated carbocycles. The lowest BCUT2D eigenvalue weighted by molar-refractivity contribution is -0.144. The van der Waals surface area contributed by atoms with E-state index in [1.807, 2.05) is 17.7 Å². The van der Waals surface area contributed by atoms with Gasteiger partial charge in [-0.15, -0.1) is 0 Å². The maximum atomic E-state index is 11.4. The number of rotatable bonds is 6. The van der Waals surface area contributed by atoms with Crippen LogP contribution in [0.15, 0.2) is 24.5 Å². The van der Waals surface area contributed by atoms with Crippen LogP contribution in [-0.4, -0.2) is 22.8 Å². The summed E-state index contributed by atoms with van der Waals surface area (Å²) in [6, 6.07) is 0. The molecule has 1 aromatic heterocycles. The number of aromatic nitrogens is 2. The Morgan fingerprint density at radius 2 is 2.00 bits per heavy atom. The summed E-state index contributed by atoms with van der Waals surface area (Å²) in [5.74, 6) is 0.413. The number of esters is 1. The van der Waals surface area contributed by atoms with Crippen LogP contribution in [0.1, 0.15) is 45.5 Å². The third kappa shape index (κ3) is 9.20. The molecule has 0 aliphatic carbocycles. The van der Waals surface area contributed by atoms with E-state index in [2.05, 4.69) is 18.5 Å². The number of imidazole rings is 1. The molecule has 0 radical (unpaired) electrons. The molecule has 22 heavy (non-hydrogen) atoms. The van der Waals surface area contributed by atoms with Crippen LogP contribution < -0.4 is 0 Å². The summed E-state index contributed by atoms with van der Waals surface area (Å²) in [6.45, 7) is 10.1. The van der Waals surface area contributed by atoms with Crippen LogP contribution in [0.4, 0.5) is 17.3 Å². The lowest BCUT2D eigenvalue weighted by Crippen LogP contribution is -2.14. The van der Waals surface area contributed by atoms with Crippen molar-refractivity contribution in [2.45, 2.75) is 46.3 Å². The fourth-order valence-electron chi connectivity index (χ4n) is 1.51. The number of halogens is 4. The third-order valence-electron chi connectivity index (χ3n) is 2.50. The van der Waals surface area contributed by atoms with Crippen molar-refractivity contribution >= 4 is 13.2 Å². The standard InChI is InChI=1S/C13H20N2O2.BF4/c1-5-6-8-15-9-7-14-12(15)11(4)17-13(16)10(2)3;2-1(3,4)5/h7,9,11H,2,5-6,8H2,1,3-4H3;/q;-1. The van der Waals surface area contributed by atoms with E-state index >= 15 is 0 Å². The van der Waals surface area contributed by atoms with E-state index in [-0.39, 0.29) is 12.1 Å². The van der Waals surface area contributed by atoms with Gasteiger partial charge in [0.1, 0.15) is 5.82 Å². The zero-order valence-corrected chi connectivity index (χ0v) is 12.9. The summed E-state index contributed by atoms with van der Waals surface area (Å²) in [7, 11) is -6.00. The van der Waals surface area contributed by atoms with Gasteiger partial charge in [-0.1, -0.05) is 19.9 Å². The average Bonchev–Trinajstić information content (AvgIpc) is 2.82. The first kappa shape index (κ1) is 20.2. The van der Waals surface area contributed by atoms with Gasteiger partial charge in [-0.05, 0) is 20.3 Å². The monoisotopic (exact) mass is 323 g/mol. The van der Waals surface area contributed by atoms with E-state index in [4.69, 9.17) is 4.74 Å². The van der Waals surface area contributed by atoms with Crippen molar-refractivity contribution < 1.29 is 26.8 Å². The number of hydrogen-bond acceptors (Lipinski definition) is 3. The number of hydrogen-bond donors (Lipinski definition) is 0. The molecule has 1 rings (SSSR count). The summed E-state index contributed by atoms with van der Waals surface area (Å²) >= 11 is 0. The predicted octanol–water partition coefficient (Wildman–Crippen LogP) is 4.16. The molecule has 0 bridgehead atoms. The van der Waals surface area contributed by atoms with Gasteiger partial charge < -0.3 is 26.6 Å². The Morgan fingerprint density at radius 3 is 2.45 bits per heavy atom. The van der Waals surface area contributed by atoms with Crippen LogP contribution in [0.2, 0.25) is 0 Å². The highest BCUT2D eigenvalue weighted by Gasteiger charge is 2.20. The zero-order valence-electron chi connectivity index (χ0n) is 12.9. The summed E-state index contributed by atoms with van der Waals surface area (Å²) in [6.07, 6.45) is 5.51. The van der Waals surface area contributed by atoms with E-state index in [0.29, 0.717) is 5.57 Å². The third-order valence-corrected chi connectivity index (χ3v) is 2.50. The maximum absolute atomic E-state index is 11.4. The summed E-state index contributed by atoms with van der Waals surface area (Å²) in [5, 5.41) is 0. The molecular formula is C13H20BF4N2O2-. The van der Waals surface area contributed by atoms with Gasteiger partial charge in [0.25, 0.3) is 0 Å². The smallest absolute Gasteiger partial charge is 0.451 e. The van der Waals surface area contributed by atoms with Crippen molar-refractivity contribution in [1.29, 1.82) is 0 Å². The van der Waals surface area contributed by atoms with E-state index < -0.39 is 7.25 Å². The van der Waals surface area contributed by atoms with Crippen LogP contribution >= 0.6 is 0 Å². The molecule has 1 atom stereocenters. The zero-order chi connectivity index (χ0) is 17.3.